The van der Waals surface area contributed by atoms with Gasteiger partial charge in [-0.3, -0.25) is 0 Å². The number of nitrogens with one attached hydrogen (secondary N) is 1. The van der Waals surface area contributed by atoms with E-state index in [9.17, 15) is 0 Å². The Morgan fingerprint density at radius 2 is 2.12 bits per heavy atom. The van der Waals surface area contributed by atoms with Gasteiger partial charge in [0, 0.05) is 13.6 Å². The lowest BCUT2D eigenvalue weighted by molar-refractivity contribution is 0.416. The van der Waals surface area contributed by atoms with Gasteiger partial charge >= 0.3 is 0 Å². The van der Waals surface area contributed by atoms with Crippen LogP contribution in [0.25, 0.3) is 0 Å². The van der Waals surface area contributed by atoms with Crippen molar-refractivity contribution in [3.8, 4) is 0 Å². The van der Waals surface area contributed by atoms with Crippen LogP contribution in [0.15, 0.2) is 0 Å². The van der Waals surface area contributed by atoms with Gasteiger partial charge in [0.05, 0.1) is 6.54 Å². The fraction of sp³-hybridized carbons (Fsp3) is 0.833. The summed E-state index contributed by atoms with van der Waals surface area (Å²) in [6.07, 6.45) is 5.44. The second-order valence-electron chi connectivity index (χ2n) is 5.08. The highest BCUT2D eigenvalue weighted by Gasteiger charge is 2.40. The van der Waals surface area contributed by atoms with E-state index in [0.717, 1.165) is 24.7 Å². The molecule has 90 valence electrons. The van der Waals surface area contributed by atoms with Gasteiger partial charge in [0.1, 0.15) is 11.6 Å². The zero-order valence-electron chi connectivity index (χ0n) is 10.6. The number of rotatable bonds is 6. The molecular formula is C12H22N4. The number of hydrogen-bond acceptors (Lipinski definition) is 3. The van der Waals surface area contributed by atoms with Crippen molar-refractivity contribution in [2.75, 3.05) is 6.54 Å². The SMILES string of the molecule is CCCC1(CNCc2nnc(C)n2C)CC1. The third kappa shape index (κ3) is 2.43. The largest absolute Gasteiger partial charge is 0.317 e. The van der Waals surface area contributed by atoms with Crippen LogP contribution in [0.2, 0.25) is 0 Å². The fourth-order valence-corrected chi connectivity index (χ4v) is 2.27. The molecule has 0 aliphatic heterocycles. The summed E-state index contributed by atoms with van der Waals surface area (Å²) in [5, 5.41) is 11.7. The summed E-state index contributed by atoms with van der Waals surface area (Å²) in [6, 6.07) is 0. The molecule has 4 nitrogen and oxygen atoms in total. The highest BCUT2D eigenvalue weighted by atomic mass is 15.3. The van der Waals surface area contributed by atoms with Crippen LogP contribution >= 0.6 is 0 Å². The topological polar surface area (TPSA) is 42.7 Å². The van der Waals surface area contributed by atoms with Crippen LogP contribution in [0, 0.1) is 12.3 Å². The number of aryl methyl sites for hydroxylation is 1. The summed E-state index contributed by atoms with van der Waals surface area (Å²) in [5.74, 6) is 2.01. The number of hydrogen-bond donors (Lipinski definition) is 1. The Morgan fingerprint density at radius 1 is 1.38 bits per heavy atom. The minimum Gasteiger partial charge on any atom is -0.317 e. The van der Waals surface area contributed by atoms with Gasteiger partial charge < -0.3 is 9.88 Å². The van der Waals surface area contributed by atoms with Crippen molar-refractivity contribution < 1.29 is 0 Å². The van der Waals surface area contributed by atoms with E-state index in [1.807, 2.05) is 18.5 Å². The number of nitrogens with zero attached hydrogens (tertiary/aromatic N) is 3. The normalized spacial score (nSPS) is 17.7. The Morgan fingerprint density at radius 3 is 2.62 bits per heavy atom. The molecule has 1 heterocycles. The first kappa shape index (κ1) is 11.6. The molecule has 0 unspecified atom stereocenters. The first-order valence-electron chi connectivity index (χ1n) is 6.22. The van der Waals surface area contributed by atoms with Gasteiger partial charge in [0.2, 0.25) is 0 Å². The molecule has 0 saturated heterocycles. The summed E-state index contributed by atoms with van der Waals surface area (Å²) in [7, 11) is 2.02. The van der Waals surface area contributed by atoms with Crippen LogP contribution in [-0.4, -0.2) is 21.3 Å². The van der Waals surface area contributed by atoms with E-state index in [1.54, 1.807) is 0 Å². The van der Waals surface area contributed by atoms with E-state index < -0.39 is 0 Å². The van der Waals surface area contributed by atoms with Crippen molar-refractivity contribution in [3.63, 3.8) is 0 Å². The summed E-state index contributed by atoms with van der Waals surface area (Å²) in [5.41, 5.74) is 0.613. The van der Waals surface area contributed by atoms with E-state index in [4.69, 9.17) is 0 Å². The summed E-state index contributed by atoms with van der Waals surface area (Å²) >= 11 is 0. The predicted molar refractivity (Wildman–Crippen MR) is 64.0 cm³/mol. The minimum absolute atomic E-state index is 0.613. The van der Waals surface area contributed by atoms with Gasteiger partial charge in [0.25, 0.3) is 0 Å². The van der Waals surface area contributed by atoms with Crippen LogP contribution in [0.4, 0.5) is 0 Å². The zero-order chi connectivity index (χ0) is 11.6. The van der Waals surface area contributed by atoms with Crippen LogP contribution in [0.5, 0.6) is 0 Å². The lowest BCUT2D eigenvalue weighted by Gasteiger charge is -2.14. The van der Waals surface area contributed by atoms with Crippen LogP contribution < -0.4 is 5.32 Å². The van der Waals surface area contributed by atoms with Gasteiger partial charge in [-0.2, -0.15) is 0 Å². The second kappa shape index (κ2) is 4.53. The lowest BCUT2D eigenvalue weighted by Crippen LogP contribution is -2.25. The van der Waals surface area contributed by atoms with Crippen molar-refractivity contribution >= 4 is 0 Å². The maximum absolute atomic E-state index is 4.15. The summed E-state index contributed by atoms with van der Waals surface area (Å²) < 4.78 is 2.05. The first-order valence-corrected chi connectivity index (χ1v) is 6.22. The minimum atomic E-state index is 0.613. The maximum atomic E-state index is 4.15. The van der Waals surface area contributed by atoms with Crippen LogP contribution in [-0.2, 0) is 13.6 Å². The molecule has 0 atom stereocenters. The Labute approximate surface area is 97.5 Å². The molecule has 0 amide bonds. The van der Waals surface area contributed by atoms with Crippen molar-refractivity contribution in [3.05, 3.63) is 11.6 Å². The molecule has 0 aromatic carbocycles. The maximum Gasteiger partial charge on any atom is 0.146 e. The molecule has 1 fully saturated rings. The quantitative estimate of drug-likeness (QED) is 0.798. The molecule has 0 bridgehead atoms. The van der Waals surface area contributed by atoms with Crippen molar-refractivity contribution in [1.82, 2.24) is 20.1 Å². The molecule has 1 aliphatic carbocycles. The van der Waals surface area contributed by atoms with E-state index >= 15 is 0 Å². The molecule has 0 spiro atoms. The molecule has 16 heavy (non-hydrogen) atoms. The van der Waals surface area contributed by atoms with Crippen molar-refractivity contribution in [2.24, 2.45) is 12.5 Å². The Balaban J connectivity index is 1.78. The van der Waals surface area contributed by atoms with Gasteiger partial charge in [0.15, 0.2) is 0 Å². The van der Waals surface area contributed by atoms with E-state index in [0.29, 0.717) is 5.41 Å². The molecular weight excluding hydrogens is 200 g/mol. The number of aromatic nitrogens is 3. The third-order valence-corrected chi connectivity index (χ3v) is 3.70. The van der Waals surface area contributed by atoms with Crippen LogP contribution in [0.1, 0.15) is 44.3 Å². The monoisotopic (exact) mass is 222 g/mol. The molecule has 0 radical (unpaired) electrons. The zero-order valence-corrected chi connectivity index (χ0v) is 10.6. The van der Waals surface area contributed by atoms with E-state index in [-0.39, 0.29) is 0 Å². The molecule has 2 rings (SSSR count). The highest BCUT2D eigenvalue weighted by molar-refractivity contribution is 4.96. The summed E-state index contributed by atoms with van der Waals surface area (Å²) in [4.78, 5) is 0. The van der Waals surface area contributed by atoms with Crippen LogP contribution in [0.3, 0.4) is 0 Å². The Kier molecular flexibility index (Phi) is 3.28. The molecule has 4 heteroatoms. The Hall–Kier alpha value is -0.900. The molecule has 1 aromatic rings. The van der Waals surface area contributed by atoms with E-state index in [2.05, 4.69) is 22.4 Å². The van der Waals surface area contributed by atoms with Gasteiger partial charge in [-0.1, -0.05) is 13.3 Å². The van der Waals surface area contributed by atoms with Crippen molar-refractivity contribution in [2.45, 2.75) is 46.1 Å². The smallest absolute Gasteiger partial charge is 0.146 e. The average Bonchev–Trinajstić information content (AvgIpc) is 2.95. The Bertz CT molecular complexity index is 352. The fourth-order valence-electron chi connectivity index (χ4n) is 2.27. The molecule has 1 aliphatic rings. The van der Waals surface area contributed by atoms with Gasteiger partial charge in [-0.15, -0.1) is 10.2 Å². The van der Waals surface area contributed by atoms with Gasteiger partial charge in [-0.05, 0) is 31.6 Å². The lowest BCUT2D eigenvalue weighted by atomic mass is 10.0. The van der Waals surface area contributed by atoms with E-state index in [1.165, 1.54) is 25.7 Å². The highest BCUT2D eigenvalue weighted by Crippen LogP contribution is 2.48. The average molecular weight is 222 g/mol. The predicted octanol–water partition coefficient (Wildman–Crippen LogP) is 1.79. The molecule has 1 saturated carbocycles. The molecule has 1 N–H and O–H groups in total. The summed E-state index contributed by atoms with van der Waals surface area (Å²) in [6.45, 7) is 6.22. The molecule has 1 aromatic heterocycles. The first-order chi connectivity index (χ1) is 7.67. The standard InChI is InChI=1S/C12H22N4/c1-4-5-12(6-7-12)9-13-8-11-15-14-10(2)16(11)3/h13H,4-9H2,1-3H3. The second-order valence-corrected chi connectivity index (χ2v) is 5.08. The van der Waals surface area contributed by atoms with Gasteiger partial charge in [-0.25, -0.2) is 0 Å². The van der Waals surface area contributed by atoms with Crippen molar-refractivity contribution in [1.29, 1.82) is 0 Å². The third-order valence-electron chi connectivity index (χ3n) is 3.70.